The Hall–Kier alpha value is -1.42. The van der Waals surface area contributed by atoms with Gasteiger partial charge in [-0.2, -0.15) is 0 Å². The fourth-order valence-corrected chi connectivity index (χ4v) is 2.85. The minimum atomic E-state index is -0.712. The third-order valence-electron chi connectivity index (χ3n) is 3.29. The van der Waals surface area contributed by atoms with Gasteiger partial charge in [0.1, 0.15) is 0 Å². The van der Waals surface area contributed by atoms with Gasteiger partial charge in [0.15, 0.2) is 0 Å². The Kier molecular flexibility index (Phi) is 2.01. The van der Waals surface area contributed by atoms with Crippen molar-refractivity contribution in [3.05, 3.63) is 29.3 Å². The van der Waals surface area contributed by atoms with Gasteiger partial charge in [0.05, 0.1) is 22.1 Å². The van der Waals surface area contributed by atoms with Gasteiger partial charge in [-0.15, -0.1) is 11.3 Å². The minimum Gasteiger partial charge on any atom is -0.481 e. The van der Waals surface area contributed by atoms with Crippen molar-refractivity contribution in [2.24, 2.45) is 0 Å². The first-order valence-electron chi connectivity index (χ1n) is 5.25. The number of carboxylic acids is 1. The highest BCUT2D eigenvalue weighted by Gasteiger charge is 2.46. The molecular formula is C12H11NO2S. The van der Waals surface area contributed by atoms with E-state index in [1.165, 1.54) is 0 Å². The number of aliphatic carboxylic acids is 1. The van der Waals surface area contributed by atoms with E-state index in [9.17, 15) is 4.79 Å². The maximum Gasteiger partial charge on any atom is 0.304 e. The molecule has 3 rings (SSSR count). The van der Waals surface area contributed by atoms with E-state index in [4.69, 9.17) is 5.11 Å². The van der Waals surface area contributed by atoms with E-state index in [0.29, 0.717) is 0 Å². The van der Waals surface area contributed by atoms with E-state index in [2.05, 4.69) is 11.1 Å². The Morgan fingerprint density at radius 3 is 3.00 bits per heavy atom. The lowest BCUT2D eigenvalue weighted by Crippen LogP contribution is -2.12. The van der Waals surface area contributed by atoms with Gasteiger partial charge in [-0.25, -0.2) is 4.98 Å². The molecule has 1 heterocycles. The van der Waals surface area contributed by atoms with Crippen LogP contribution in [0, 0.1) is 0 Å². The predicted molar refractivity (Wildman–Crippen MR) is 62.8 cm³/mol. The molecule has 0 amide bonds. The number of hydrogen-bond acceptors (Lipinski definition) is 3. The lowest BCUT2D eigenvalue weighted by atomic mass is 9.92. The van der Waals surface area contributed by atoms with E-state index in [1.807, 2.05) is 17.6 Å². The van der Waals surface area contributed by atoms with Crippen molar-refractivity contribution < 1.29 is 9.90 Å². The summed E-state index contributed by atoms with van der Waals surface area (Å²) >= 11 is 1.61. The monoisotopic (exact) mass is 233 g/mol. The molecule has 1 aromatic heterocycles. The van der Waals surface area contributed by atoms with Crippen LogP contribution in [0.1, 0.15) is 24.8 Å². The van der Waals surface area contributed by atoms with Crippen LogP contribution in [0.5, 0.6) is 0 Å². The molecule has 0 radical (unpaired) electrons. The third kappa shape index (κ3) is 1.50. The van der Waals surface area contributed by atoms with Crippen molar-refractivity contribution >= 4 is 27.5 Å². The van der Waals surface area contributed by atoms with Crippen molar-refractivity contribution in [3.63, 3.8) is 0 Å². The smallest absolute Gasteiger partial charge is 0.304 e. The number of carbonyl (C=O) groups is 1. The van der Waals surface area contributed by atoms with Gasteiger partial charge in [0.2, 0.25) is 0 Å². The van der Waals surface area contributed by atoms with Gasteiger partial charge in [0.25, 0.3) is 0 Å². The van der Waals surface area contributed by atoms with Gasteiger partial charge in [-0.1, -0.05) is 6.07 Å². The SMILES string of the molecule is O=C(O)CC1(c2ccc3scnc3c2)CC1. The van der Waals surface area contributed by atoms with E-state index in [-0.39, 0.29) is 11.8 Å². The van der Waals surface area contributed by atoms with Gasteiger partial charge in [-0.05, 0) is 30.5 Å². The lowest BCUT2D eigenvalue weighted by Gasteiger charge is -2.12. The fraction of sp³-hybridized carbons (Fsp3) is 0.333. The van der Waals surface area contributed by atoms with Crippen LogP contribution in [-0.4, -0.2) is 16.1 Å². The summed E-state index contributed by atoms with van der Waals surface area (Å²) in [5, 5.41) is 8.91. The Labute approximate surface area is 96.7 Å². The van der Waals surface area contributed by atoms with E-state index in [0.717, 1.165) is 28.6 Å². The van der Waals surface area contributed by atoms with Crippen LogP contribution in [0.25, 0.3) is 10.2 Å². The fourth-order valence-electron chi connectivity index (χ4n) is 2.20. The number of hydrogen-bond donors (Lipinski definition) is 1. The number of fused-ring (bicyclic) bond motifs is 1. The second-order valence-electron chi connectivity index (χ2n) is 4.39. The average Bonchev–Trinajstić information content (AvgIpc) is 2.87. The van der Waals surface area contributed by atoms with Crippen LogP contribution in [0.3, 0.4) is 0 Å². The molecule has 1 aromatic carbocycles. The second-order valence-corrected chi connectivity index (χ2v) is 5.27. The van der Waals surface area contributed by atoms with Crippen molar-refractivity contribution in [2.45, 2.75) is 24.7 Å². The van der Waals surface area contributed by atoms with Crippen molar-refractivity contribution in [1.29, 1.82) is 0 Å². The average molecular weight is 233 g/mol. The van der Waals surface area contributed by atoms with Crippen LogP contribution >= 0.6 is 11.3 Å². The second kappa shape index (κ2) is 3.28. The van der Waals surface area contributed by atoms with Crippen LogP contribution in [0.2, 0.25) is 0 Å². The molecule has 3 nitrogen and oxygen atoms in total. The summed E-state index contributed by atoms with van der Waals surface area (Å²) in [6, 6.07) is 6.14. The molecule has 1 saturated carbocycles. The molecule has 0 saturated heterocycles. The molecule has 82 valence electrons. The largest absolute Gasteiger partial charge is 0.481 e. The van der Waals surface area contributed by atoms with E-state index < -0.39 is 5.97 Å². The Balaban J connectivity index is 2.02. The van der Waals surface area contributed by atoms with Gasteiger partial charge in [0, 0.05) is 5.41 Å². The van der Waals surface area contributed by atoms with Crippen LogP contribution in [0.15, 0.2) is 23.7 Å². The van der Waals surface area contributed by atoms with Gasteiger partial charge < -0.3 is 5.11 Å². The number of nitrogens with zero attached hydrogens (tertiary/aromatic N) is 1. The van der Waals surface area contributed by atoms with Gasteiger partial charge >= 0.3 is 5.97 Å². The summed E-state index contributed by atoms with van der Waals surface area (Å²) in [7, 11) is 0. The van der Waals surface area contributed by atoms with Crippen LogP contribution < -0.4 is 0 Å². The molecule has 4 heteroatoms. The number of carboxylic acid groups (broad SMARTS) is 1. The van der Waals surface area contributed by atoms with Crippen LogP contribution in [-0.2, 0) is 10.2 Å². The summed E-state index contributed by atoms with van der Waals surface area (Å²) in [5.74, 6) is -0.712. The van der Waals surface area contributed by atoms with E-state index >= 15 is 0 Å². The first kappa shape index (κ1) is 9.78. The number of thiazole rings is 1. The molecule has 2 aromatic rings. The Morgan fingerprint density at radius 2 is 2.31 bits per heavy atom. The zero-order valence-electron chi connectivity index (χ0n) is 8.64. The maximum atomic E-state index is 10.8. The number of aromatic nitrogens is 1. The first-order valence-corrected chi connectivity index (χ1v) is 6.13. The third-order valence-corrected chi connectivity index (χ3v) is 4.10. The van der Waals surface area contributed by atoms with Crippen molar-refractivity contribution in [1.82, 2.24) is 4.98 Å². The Bertz CT molecular complexity index is 557. The Morgan fingerprint density at radius 1 is 1.50 bits per heavy atom. The number of rotatable bonds is 3. The summed E-state index contributed by atoms with van der Waals surface area (Å²) in [6.07, 6.45) is 2.20. The molecule has 0 unspecified atom stereocenters. The predicted octanol–water partition coefficient (Wildman–Crippen LogP) is 2.80. The topological polar surface area (TPSA) is 50.2 Å². The molecule has 1 N–H and O–H groups in total. The standard InChI is InChI=1S/C12H11NO2S/c14-11(15)6-12(3-4-12)8-1-2-10-9(5-8)13-7-16-10/h1-2,5,7H,3-4,6H2,(H,14,15). The zero-order chi connectivity index (χ0) is 11.2. The quantitative estimate of drug-likeness (QED) is 0.886. The first-order chi connectivity index (χ1) is 7.70. The molecule has 0 aliphatic heterocycles. The van der Waals surface area contributed by atoms with Crippen LogP contribution in [0.4, 0.5) is 0 Å². The summed E-state index contributed by atoms with van der Waals surface area (Å²) in [6.45, 7) is 0. The van der Waals surface area contributed by atoms with Crippen molar-refractivity contribution in [3.8, 4) is 0 Å². The zero-order valence-corrected chi connectivity index (χ0v) is 9.46. The molecule has 0 spiro atoms. The minimum absolute atomic E-state index is 0.108. The molecule has 1 aliphatic carbocycles. The highest BCUT2D eigenvalue weighted by molar-refractivity contribution is 7.16. The van der Waals surface area contributed by atoms with E-state index in [1.54, 1.807) is 11.3 Å². The van der Waals surface area contributed by atoms with Gasteiger partial charge in [-0.3, -0.25) is 4.79 Å². The summed E-state index contributed by atoms with van der Waals surface area (Å²) in [5.41, 5.74) is 3.84. The molecule has 0 atom stereocenters. The summed E-state index contributed by atoms with van der Waals surface area (Å²) in [4.78, 5) is 15.1. The molecule has 1 aliphatic rings. The normalized spacial score (nSPS) is 17.5. The molecule has 16 heavy (non-hydrogen) atoms. The molecular weight excluding hydrogens is 222 g/mol. The lowest BCUT2D eigenvalue weighted by molar-refractivity contribution is -0.137. The number of benzene rings is 1. The summed E-state index contributed by atoms with van der Waals surface area (Å²) < 4.78 is 1.16. The molecule has 0 bridgehead atoms. The molecule has 1 fully saturated rings. The highest BCUT2D eigenvalue weighted by atomic mass is 32.1. The van der Waals surface area contributed by atoms with Crippen molar-refractivity contribution in [2.75, 3.05) is 0 Å². The highest BCUT2D eigenvalue weighted by Crippen LogP contribution is 2.51. The maximum absolute atomic E-state index is 10.8.